The highest BCUT2D eigenvalue weighted by atomic mass is 16.3. The summed E-state index contributed by atoms with van der Waals surface area (Å²) >= 11 is 0. The van der Waals surface area contributed by atoms with Gasteiger partial charge in [-0.1, -0.05) is 42.0 Å². The van der Waals surface area contributed by atoms with Gasteiger partial charge in [0.1, 0.15) is 17.6 Å². The van der Waals surface area contributed by atoms with Crippen molar-refractivity contribution in [3.05, 3.63) is 76.2 Å². The molecular weight excluding hydrogens is 288 g/mol. The van der Waals surface area contributed by atoms with Crippen molar-refractivity contribution >= 4 is 11.0 Å². The van der Waals surface area contributed by atoms with Crippen molar-refractivity contribution in [2.24, 2.45) is 0 Å². The normalized spacial score (nSPS) is 10.7. The van der Waals surface area contributed by atoms with Crippen molar-refractivity contribution < 1.29 is 9.52 Å². The zero-order chi connectivity index (χ0) is 16.4. The molecule has 0 atom stereocenters. The van der Waals surface area contributed by atoms with E-state index in [4.69, 9.17) is 4.42 Å². The molecule has 0 fully saturated rings. The molecule has 0 aliphatic carbocycles. The summed E-state index contributed by atoms with van der Waals surface area (Å²) in [6.07, 6.45) is 4.00. The second kappa shape index (κ2) is 6.13. The Morgan fingerprint density at radius 3 is 2.57 bits per heavy atom. The Hall–Kier alpha value is -2.81. The molecule has 2 aromatic carbocycles. The van der Waals surface area contributed by atoms with E-state index in [1.54, 1.807) is 12.1 Å². The fourth-order valence-corrected chi connectivity index (χ4v) is 2.57. The van der Waals surface area contributed by atoms with Crippen molar-refractivity contribution in [1.82, 2.24) is 0 Å². The lowest BCUT2D eigenvalue weighted by molar-refractivity contribution is 0.468. The molecule has 3 heteroatoms. The van der Waals surface area contributed by atoms with E-state index in [0.29, 0.717) is 28.5 Å². The number of allylic oxidation sites excluding steroid dienone is 2. The Labute approximate surface area is 134 Å². The quantitative estimate of drug-likeness (QED) is 0.715. The number of hydrogen-bond acceptors (Lipinski definition) is 3. The van der Waals surface area contributed by atoms with E-state index < -0.39 is 0 Å². The van der Waals surface area contributed by atoms with Crippen molar-refractivity contribution in [1.29, 1.82) is 0 Å². The first-order valence-electron chi connectivity index (χ1n) is 7.53. The van der Waals surface area contributed by atoms with Gasteiger partial charge in [-0.15, -0.1) is 0 Å². The Balaban J connectivity index is 2.22. The molecule has 0 bridgehead atoms. The average Bonchev–Trinajstić information content (AvgIpc) is 2.55. The molecule has 116 valence electrons. The minimum Gasteiger partial charge on any atom is -0.508 e. The first-order valence-corrected chi connectivity index (χ1v) is 7.53. The molecule has 0 saturated heterocycles. The van der Waals surface area contributed by atoms with Gasteiger partial charge in [0.2, 0.25) is 5.43 Å². The van der Waals surface area contributed by atoms with Crippen LogP contribution in [-0.2, 0) is 6.42 Å². The van der Waals surface area contributed by atoms with Crippen LogP contribution >= 0.6 is 0 Å². The van der Waals surface area contributed by atoms with E-state index in [0.717, 1.165) is 11.1 Å². The van der Waals surface area contributed by atoms with Crippen molar-refractivity contribution in [2.75, 3.05) is 0 Å². The van der Waals surface area contributed by atoms with Gasteiger partial charge in [0.25, 0.3) is 0 Å². The molecule has 23 heavy (non-hydrogen) atoms. The van der Waals surface area contributed by atoms with Crippen molar-refractivity contribution in [2.45, 2.75) is 20.3 Å². The summed E-state index contributed by atoms with van der Waals surface area (Å²) in [5.41, 5.74) is 3.49. The van der Waals surface area contributed by atoms with Crippen LogP contribution in [0, 0.1) is 0 Å². The zero-order valence-electron chi connectivity index (χ0n) is 13.2. The van der Waals surface area contributed by atoms with E-state index in [1.807, 2.05) is 50.3 Å². The van der Waals surface area contributed by atoms with Gasteiger partial charge < -0.3 is 9.52 Å². The van der Waals surface area contributed by atoms with Gasteiger partial charge in [-0.25, -0.2) is 0 Å². The maximum absolute atomic E-state index is 12.8. The molecule has 0 saturated carbocycles. The minimum absolute atomic E-state index is 0.0871. The van der Waals surface area contributed by atoms with Gasteiger partial charge in [-0.3, -0.25) is 4.79 Å². The Morgan fingerprint density at radius 2 is 1.87 bits per heavy atom. The zero-order valence-corrected chi connectivity index (χ0v) is 13.2. The molecule has 0 spiro atoms. The lowest BCUT2D eigenvalue weighted by Crippen LogP contribution is -2.05. The molecular formula is C20H18O3. The number of rotatable bonds is 3. The third-order valence-electron chi connectivity index (χ3n) is 3.82. The van der Waals surface area contributed by atoms with Gasteiger partial charge in [0, 0.05) is 5.56 Å². The first kappa shape index (κ1) is 15.1. The molecule has 3 aromatic rings. The van der Waals surface area contributed by atoms with Gasteiger partial charge in [0.15, 0.2) is 0 Å². The highest BCUT2D eigenvalue weighted by molar-refractivity contribution is 5.85. The second-order valence-electron chi connectivity index (χ2n) is 5.77. The van der Waals surface area contributed by atoms with Crippen molar-refractivity contribution in [3.63, 3.8) is 0 Å². The molecule has 3 rings (SSSR count). The smallest absolute Gasteiger partial charge is 0.200 e. The Morgan fingerprint density at radius 1 is 1.13 bits per heavy atom. The summed E-state index contributed by atoms with van der Waals surface area (Å²) in [5, 5.41) is 10.6. The van der Waals surface area contributed by atoms with Gasteiger partial charge in [-0.05, 0) is 38.0 Å². The van der Waals surface area contributed by atoms with Crippen LogP contribution in [0.25, 0.3) is 22.1 Å². The Bertz CT molecular complexity index is 930. The van der Waals surface area contributed by atoms with Gasteiger partial charge in [-0.2, -0.15) is 0 Å². The summed E-state index contributed by atoms with van der Waals surface area (Å²) < 4.78 is 5.73. The highest BCUT2D eigenvalue weighted by Gasteiger charge is 2.14. The van der Waals surface area contributed by atoms with E-state index in [9.17, 15) is 9.90 Å². The summed E-state index contributed by atoms with van der Waals surface area (Å²) in [6, 6.07) is 12.6. The number of fused-ring (bicyclic) bond motifs is 1. The number of hydrogen-bond donors (Lipinski definition) is 1. The fourth-order valence-electron chi connectivity index (χ4n) is 2.57. The van der Waals surface area contributed by atoms with E-state index in [2.05, 4.69) is 0 Å². The first-order chi connectivity index (χ1) is 11.1. The van der Waals surface area contributed by atoms with Crippen LogP contribution in [0.3, 0.4) is 0 Å². The molecule has 0 radical (unpaired) electrons. The second-order valence-corrected chi connectivity index (χ2v) is 5.77. The monoisotopic (exact) mass is 306 g/mol. The molecule has 0 amide bonds. The topological polar surface area (TPSA) is 50.4 Å². The average molecular weight is 306 g/mol. The fraction of sp³-hybridized carbons (Fsp3) is 0.150. The summed E-state index contributed by atoms with van der Waals surface area (Å²) in [7, 11) is 0. The van der Waals surface area contributed by atoms with Crippen LogP contribution in [0.2, 0.25) is 0 Å². The van der Waals surface area contributed by atoms with Crippen LogP contribution in [0.4, 0.5) is 0 Å². The number of benzene rings is 2. The molecule has 0 aliphatic heterocycles. The third-order valence-corrected chi connectivity index (χ3v) is 3.82. The predicted molar refractivity (Wildman–Crippen MR) is 92.7 cm³/mol. The van der Waals surface area contributed by atoms with Crippen LogP contribution < -0.4 is 5.43 Å². The largest absolute Gasteiger partial charge is 0.508 e. The molecule has 0 aliphatic rings. The minimum atomic E-state index is -0.0871. The number of phenols is 1. The standard InChI is InChI=1S/C20H18O3/c1-13(2)8-9-15-18(21)11-10-16-19(22)17(12-23-20(15)16)14-6-4-3-5-7-14/h3-8,10-12,21H,9H2,1-2H3. The molecule has 1 N–H and O–H groups in total. The molecule has 0 unspecified atom stereocenters. The summed E-state index contributed by atoms with van der Waals surface area (Å²) in [6.45, 7) is 3.98. The molecule has 3 nitrogen and oxygen atoms in total. The molecule has 1 heterocycles. The number of aromatic hydroxyl groups is 1. The van der Waals surface area contributed by atoms with Crippen LogP contribution in [0.15, 0.2) is 69.6 Å². The van der Waals surface area contributed by atoms with Crippen LogP contribution in [-0.4, -0.2) is 5.11 Å². The SMILES string of the molecule is CC(C)=CCc1c(O)ccc2c(=O)c(-c3ccccc3)coc12. The number of phenolic OH excluding ortho intramolecular Hbond substituents is 1. The van der Waals surface area contributed by atoms with E-state index in [1.165, 1.54) is 6.26 Å². The van der Waals surface area contributed by atoms with Gasteiger partial charge in [0.05, 0.1) is 10.9 Å². The maximum atomic E-state index is 12.8. The molecule has 1 aromatic heterocycles. The lowest BCUT2D eigenvalue weighted by atomic mass is 10.0. The van der Waals surface area contributed by atoms with E-state index in [-0.39, 0.29) is 11.2 Å². The Kier molecular flexibility index (Phi) is 4.02. The third kappa shape index (κ3) is 2.90. The van der Waals surface area contributed by atoms with Crippen molar-refractivity contribution in [3.8, 4) is 16.9 Å². The van der Waals surface area contributed by atoms with Crippen LogP contribution in [0.1, 0.15) is 19.4 Å². The van der Waals surface area contributed by atoms with Gasteiger partial charge >= 0.3 is 0 Å². The predicted octanol–water partition coefficient (Wildman–Crippen LogP) is 4.67. The summed E-state index contributed by atoms with van der Waals surface area (Å²) in [4.78, 5) is 12.8. The van der Waals surface area contributed by atoms with Crippen LogP contribution in [0.5, 0.6) is 5.75 Å². The summed E-state index contributed by atoms with van der Waals surface area (Å²) in [5.74, 6) is 0.144. The highest BCUT2D eigenvalue weighted by Crippen LogP contribution is 2.28. The van der Waals surface area contributed by atoms with E-state index >= 15 is 0 Å². The maximum Gasteiger partial charge on any atom is 0.200 e. The lowest BCUT2D eigenvalue weighted by Gasteiger charge is -2.08.